The third kappa shape index (κ3) is 3.95. The van der Waals surface area contributed by atoms with E-state index in [1.807, 2.05) is 32.0 Å². The first-order valence-electron chi connectivity index (χ1n) is 9.42. The summed E-state index contributed by atoms with van der Waals surface area (Å²) in [5.41, 5.74) is 2.70. The molecule has 30 heavy (non-hydrogen) atoms. The van der Waals surface area contributed by atoms with Crippen LogP contribution in [0.4, 0.5) is 0 Å². The zero-order valence-electron chi connectivity index (χ0n) is 16.5. The molecular formula is C21H19ClN6O2. The molecule has 0 bridgehead atoms. The Hall–Kier alpha value is -3.52. The molecule has 0 unspecified atom stereocenters. The summed E-state index contributed by atoms with van der Waals surface area (Å²) in [5.74, 6) is 1.36. The van der Waals surface area contributed by atoms with Gasteiger partial charge in [-0.25, -0.2) is 9.67 Å². The van der Waals surface area contributed by atoms with E-state index in [-0.39, 0.29) is 5.91 Å². The number of nitrogens with zero attached hydrogens (tertiary/aromatic N) is 5. The van der Waals surface area contributed by atoms with Crippen LogP contribution in [0.3, 0.4) is 0 Å². The number of nitrogens with one attached hydrogen (secondary N) is 1. The van der Waals surface area contributed by atoms with Gasteiger partial charge in [0.15, 0.2) is 11.6 Å². The molecule has 0 saturated heterocycles. The first-order valence-corrected chi connectivity index (χ1v) is 9.80. The van der Waals surface area contributed by atoms with Gasteiger partial charge in [-0.1, -0.05) is 41.9 Å². The van der Waals surface area contributed by atoms with Gasteiger partial charge in [0, 0.05) is 29.7 Å². The monoisotopic (exact) mass is 422 g/mol. The van der Waals surface area contributed by atoms with Crippen LogP contribution in [0.2, 0.25) is 5.02 Å². The summed E-state index contributed by atoms with van der Waals surface area (Å²) in [6, 6.07) is 11.0. The van der Waals surface area contributed by atoms with Crippen molar-refractivity contribution in [3.05, 3.63) is 76.5 Å². The quantitative estimate of drug-likeness (QED) is 0.507. The summed E-state index contributed by atoms with van der Waals surface area (Å²) in [4.78, 5) is 21.4. The molecule has 0 fully saturated rings. The minimum absolute atomic E-state index is 0.237. The smallest absolute Gasteiger partial charge is 0.258 e. The molecule has 0 aliphatic heterocycles. The second-order valence-corrected chi connectivity index (χ2v) is 7.01. The maximum atomic E-state index is 12.7. The van der Waals surface area contributed by atoms with Gasteiger partial charge < -0.3 is 9.84 Å². The molecule has 9 heteroatoms. The Morgan fingerprint density at radius 2 is 2.10 bits per heavy atom. The largest absolute Gasteiger partial charge is 0.348 e. The fourth-order valence-electron chi connectivity index (χ4n) is 2.96. The van der Waals surface area contributed by atoms with E-state index in [4.69, 9.17) is 16.1 Å². The van der Waals surface area contributed by atoms with Gasteiger partial charge in [-0.2, -0.15) is 10.1 Å². The van der Waals surface area contributed by atoms with E-state index in [1.54, 1.807) is 29.1 Å². The van der Waals surface area contributed by atoms with Crippen LogP contribution in [-0.4, -0.2) is 30.8 Å². The van der Waals surface area contributed by atoms with Gasteiger partial charge >= 0.3 is 0 Å². The SMILES string of the molecule is CCc1noc(-c2ccnc(-n3ncc(C(=O)NCc4ccccc4Cl)c3C)c2)n1. The van der Waals surface area contributed by atoms with E-state index in [9.17, 15) is 4.79 Å². The number of rotatable bonds is 6. The predicted octanol–water partition coefficient (Wildman–Crippen LogP) is 3.77. The van der Waals surface area contributed by atoms with Gasteiger partial charge in [0.05, 0.1) is 17.5 Å². The minimum atomic E-state index is -0.237. The Morgan fingerprint density at radius 3 is 2.87 bits per heavy atom. The lowest BCUT2D eigenvalue weighted by Crippen LogP contribution is -2.23. The average molecular weight is 423 g/mol. The number of pyridine rings is 1. The third-order valence-corrected chi connectivity index (χ3v) is 5.01. The number of benzene rings is 1. The molecule has 1 aromatic carbocycles. The number of hydrogen-bond acceptors (Lipinski definition) is 6. The van der Waals surface area contributed by atoms with Gasteiger partial charge in [-0.3, -0.25) is 4.79 Å². The highest BCUT2D eigenvalue weighted by molar-refractivity contribution is 6.31. The van der Waals surface area contributed by atoms with E-state index < -0.39 is 0 Å². The number of amides is 1. The predicted molar refractivity (Wildman–Crippen MR) is 111 cm³/mol. The maximum Gasteiger partial charge on any atom is 0.258 e. The molecule has 1 N–H and O–H groups in total. The van der Waals surface area contributed by atoms with Crippen LogP contribution in [0, 0.1) is 6.92 Å². The molecule has 4 rings (SSSR count). The van der Waals surface area contributed by atoms with E-state index in [0.717, 1.165) is 11.1 Å². The van der Waals surface area contributed by atoms with Gasteiger partial charge in [-0.15, -0.1) is 0 Å². The standard InChI is InChI=1S/C21H19ClN6O2/c1-3-18-26-21(30-27-18)14-8-9-23-19(10-14)28-13(2)16(12-25-28)20(29)24-11-15-6-4-5-7-17(15)22/h4-10,12H,3,11H2,1-2H3,(H,24,29). The van der Waals surface area contributed by atoms with Gasteiger partial charge in [-0.05, 0) is 30.7 Å². The molecule has 1 amide bonds. The lowest BCUT2D eigenvalue weighted by Gasteiger charge is -2.08. The molecule has 0 saturated carbocycles. The van der Waals surface area contributed by atoms with E-state index in [1.165, 1.54) is 6.20 Å². The Bertz CT molecular complexity index is 1200. The number of carbonyl (C=O) groups excluding carboxylic acids is 1. The first-order chi connectivity index (χ1) is 14.6. The van der Waals surface area contributed by atoms with Crippen molar-refractivity contribution in [2.24, 2.45) is 0 Å². The average Bonchev–Trinajstić information content (AvgIpc) is 3.40. The molecule has 3 heterocycles. The van der Waals surface area contributed by atoms with Crippen molar-refractivity contribution >= 4 is 17.5 Å². The highest BCUT2D eigenvalue weighted by Gasteiger charge is 2.17. The highest BCUT2D eigenvalue weighted by atomic mass is 35.5. The maximum absolute atomic E-state index is 12.7. The summed E-state index contributed by atoms with van der Waals surface area (Å²) >= 11 is 6.15. The van der Waals surface area contributed by atoms with Gasteiger partial charge in [0.1, 0.15) is 0 Å². The number of carbonyl (C=O) groups is 1. The Balaban J connectivity index is 1.55. The molecule has 0 spiro atoms. The summed E-state index contributed by atoms with van der Waals surface area (Å²) < 4.78 is 6.90. The topological polar surface area (TPSA) is 98.7 Å². The van der Waals surface area contributed by atoms with Crippen molar-refractivity contribution in [1.82, 2.24) is 30.2 Å². The molecule has 0 radical (unpaired) electrons. The Labute approximate surface area is 177 Å². The molecule has 152 valence electrons. The van der Waals surface area contributed by atoms with Crippen LogP contribution >= 0.6 is 11.6 Å². The van der Waals surface area contributed by atoms with Crippen LogP contribution in [0.25, 0.3) is 17.3 Å². The Kier molecular flexibility index (Phi) is 5.58. The van der Waals surface area contributed by atoms with Crippen LogP contribution in [0.1, 0.15) is 34.4 Å². The van der Waals surface area contributed by atoms with Crippen molar-refractivity contribution in [3.63, 3.8) is 0 Å². The van der Waals surface area contributed by atoms with Crippen molar-refractivity contribution in [2.45, 2.75) is 26.8 Å². The second kappa shape index (κ2) is 8.46. The number of hydrogen-bond donors (Lipinski definition) is 1. The third-order valence-electron chi connectivity index (χ3n) is 4.65. The fourth-order valence-corrected chi connectivity index (χ4v) is 3.16. The molecule has 0 aliphatic carbocycles. The van der Waals surface area contributed by atoms with Crippen molar-refractivity contribution in [1.29, 1.82) is 0 Å². The van der Waals surface area contributed by atoms with Crippen LogP contribution in [-0.2, 0) is 13.0 Å². The van der Waals surface area contributed by atoms with Crippen LogP contribution in [0.15, 0.2) is 53.3 Å². The molecule has 0 aliphatic rings. The molecule has 3 aromatic heterocycles. The molecule has 4 aromatic rings. The fraction of sp³-hybridized carbons (Fsp3) is 0.190. The van der Waals surface area contributed by atoms with Crippen LogP contribution in [0.5, 0.6) is 0 Å². The molecule has 0 atom stereocenters. The lowest BCUT2D eigenvalue weighted by atomic mass is 10.2. The number of halogens is 1. The minimum Gasteiger partial charge on any atom is -0.348 e. The zero-order chi connectivity index (χ0) is 21.1. The molecule has 8 nitrogen and oxygen atoms in total. The van der Waals surface area contributed by atoms with Gasteiger partial charge in [0.25, 0.3) is 11.8 Å². The van der Waals surface area contributed by atoms with Crippen molar-refractivity contribution < 1.29 is 9.32 Å². The van der Waals surface area contributed by atoms with Crippen molar-refractivity contribution in [2.75, 3.05) is 0 Å². The summed E-state index contributed by atoms with van der Waals surface area (Å²) in [6.07, 6.45) is 3.85. The summed E-state index contributed by atoms with van der Waals surface area (Å²) in [5, 5.41) is 11.7. The number of aryl methyl sites for hydroxylation is 1. The Morgan fingerprint density at radius 1 is 1.27 bits per heavy atom. The summed E-state index contributed by atoms with van der Waals surface area (Å²) in [6.45, 7) is 4.10. The number of aromatic nitrogens is 5. The first kappa shape index (κ1) is 19.8. The van der Waals surface area contributed by atoms with Gasteiger partial charge in [0.2, 0.25) is 0 Å². The normalized spacial score (nSPS) is 10.9. The zero-order valence-corrected chi connectivity index (χ0v) is 17.2. The summed E-state index contributed by atoms with van der Waals surface area (Å²) in [7, 11) is 0. The highest BCUT2D eigenvalue weighted by Crippen LogP contribution is 2.21. The van der Waals surface area contributed by atoms with E-state index in [0.29, 0.717) is 46.8 Å². The lowest BCUT2D eigenvalue weighted by molar-refractivity contribution is 0.0950. The van der Waals surface area contributed by atoms with Crippen LogP contribution < -0.4 is 5.32 Å². The second-order valence-electron chi connectivity index (χ2n) is 6.60. The van der Waals surface area contributed by atoms with E-state index >= 15 is 0 Å². The van der Waals surface area contributed by atoms with Crippen molar-refractivity contribution in [3.8, 4) is 17.3 Å². The molecular weight excluding hydrogens is 404 g/mol. The van der Waals surface area contributed by atoms with E-state index in [2.05, 4.69) is 25.5 Å².